The lowest BCUT2D eigenvalue weighted by Crippen LogP contribution is -2.45. The van der Waals surface area contributed by atoms with Crippen molar-refractivity contribution in [3.8, 4) is 0 Å². The third kappa shape index (κ3) is 2.75. The summed E-state index contributed by atoms with van der Waals surface area (Å²) in [7, 11) is 1.81. The molecule has 0 aromatic carbocycles. The molecule has 1 N–H and O–H groups in total. The number of aryl methyl sites for hydroxylation is 1. The molecule has 0 bridgehead atoms. The summed E-state index contributed by atoms with van der Waals surface area (Å²) < 4.78 is 7.92. The van der Waals surface area contributed by atoms with Gasteiger partial charge in [-0.1, -0.05) is 20.8 Å². The Morgan fingerprint density at radius 3 is 2.44 bits per heavy atom. The van der Waals surface area contributed by atoms with E-state index in [0.29, 0.717) is 0 Å². The van der Waals surface area contributed by atoms with Crippen LogP contribution >= 0.6 is 0 Å². The minimum atomic E-state index is -0.164. The van der Waals surface area contributed by atoms with Gasteiger partial charge in [0.15, 0.2) is 0 Å². The van der Waals surface area contributed by atoms with E-state index in [0.717, 1.165) is 25.9 Å². The first-order valence-electron chi connectivity index (χ1n) is 6.99. The highest BCUT2D eigenvalue weighted by molar-refractivity contribution is 5.13. The molecule has 18 heavy (non-hydrogen) atoms. The van der Waals surface area contributed by atoms with Crippen LogP contribution < -0.4 is 5.32 Å². The second kappa shape index (κ2) is 6.90. The number of nitrogens with one attached hydrogen (secondary N) is 1. The molecule has 0 spiro atoms. The van der Waals surface area contributed by atoms with Gasteiger partial charge in [-0.25, -0.2) is 0 Å². The van der Waals surface area contributed by atoms with Crippen LogP contribution in [0.3, 0.4) is 0 Å². The number of likely N-dealkylation sites (N-methyl/N-ethyl adjacent to an activating group) is 1. The first kappa shape index (κ1) is 15.2. The second-order valence-electron chi connectivity index (χ2n) is 4.54. The standard InChI is InChI=1S/C14H27N3O/c1-6-14(7-2,18-5)13(15-8-3)12-10-11-16-17(12)9-4/h10-11,13,15H,6-9H2,1-5H3. The molecule has 0 saturated carbocycles. The van der Waals surface area contributed by atoms with Gasteiger partial charge in [-0.15, -0.1) is 0 Å². The zero-order chi connectivity index (χ0) is 13.6. The van der Waals surface area contributed by atoms with Crippen LogP contribution in [0.2, 0.25) is 0 Å². The summed E-state index contributed by atoms with van der Waals surface area (Å²) in [5, 5.41) is 7.94. The fourth-order valence-corrected chi connectivity index (χ4v) is 2.68. The molecular formula is C14H27N3O. The number of rotatable bonds is 8. The number of ether oxygens (including phenoxy) is 1. The van der Waals surface area contributed by atoms with E-state index in [1.165, 1.54) is 5.69 Å². The maximum atomic E-state index is 5.87. The van der Waals surface area contributed by atoms with Crippen molar-refractivity contribution in [2.75, 3.05) is 13.7 Å². The van der Waals surface area contributed by atoms with Crippen molar-refractivity contribution in [1.82, 2.24) is 15.1 Å². The van der Waals surface area contributed by atoms with Crippen molar-refractivity contribution in [2.45, 2.75) is 58.7 Å². The Hall–Kier alpha value is -0.870. The molecule has 0 saturated heterocycles. The van der Waals surface area contributed by atoms with Crippen molar-refractivity contribution in [2.24, 2.45) is 0 Å². The summed E-state index contributed by atoms with van der Waals surface area (Å²) in [6.45, 7) is 10.4. The Labute approximate surface area is 111 Å². The molecular weight excluding hydrogens is 226 g/mol. The number of hydrogen-bond acceptors (Lipinski definition) is 3. The van der Waals surface area contributed by atoms with Crippen molar-refractivity contribution < 1.29 is 4.74 Å². The molecule has 0 amide bonds. The first-order chi connectivity index (χ1) is 8.68. The summed E-state index contributed by atoms with van der Waals surface area (Å²) in [4.78, 5) is 0. The highest BCUT2D eigenvalue weighted by Gasteiger charge is 2.38. The van der Waals surface area contributed by atoms with Gasteiger partial charge in [-0.3, -0.25) is 4.68 Å². The summed E-state index contributed by atoms with van der Waals surface area (Å²) >= 11 is 0. The molecule has 0 aliphatic heterocycles. The lowest BCUT2D eigenvalue weighted by Gasteiger charge is -2.39. The highest BCUT2D eigenvalue weighted by Crippen LogP contribution is 2.34. The monoisotopic (exact) mass is 253 g/mol. The normalized spacial score (nSPS) is 13.8. The SMILES string of the molecule is CCNC(c1ccnn1CC)C(CC)(CC)OC. The maximum Gasteiger partial charge on any atom is 0.0882 e. The third-order valence-corrected chi connectivity index (χ3v) is 3.88. The predicted molar refractivity (Wildman–Crippen MR) is 74.6 cm³/mol. The van der Waals surface area contributed by atoms with Crippen molar-refractivity contribution >= 4 is 0 Å². The van der Waals surface area contributed by atoms with E-state index in [2.05, 4.69) is 44.2 Å². The Kier molecular flexibility index (Phi) is 5.82. The molecule has 0 aliphatic carbocycles. The van der Waals surface area contributed by atoms with Crippen LogP contribution in [0.4, 0.5) is 0 Å². The third-order valence-electron chi connectivity index (χ3n) is 3.88. The van der Waals surface area contributed by atoms with E-state index in [1.807, 2.05) is 18.0 Å². The van der Waals surface area contributed by atoms with E-state index in [9.17, 15) is 0 Å². The van der Waals surface area contributed by atoms with Gasteiger partial charge in [0, 0.05) is 19.9 Å². The molecule has 1 aromatic rings. The summed E-state index contributed by atoms with van der Waals surface area (Å²) in [6, 6.07) is 2.28. The van der Waals surface area contributed by atoms with Crippen molar-refractivity contribution in [3.63, 3.8) is 0 Å². The zero-order valence-electron chi connectivity index (χ0n) is 12.4. The molecule has 4 heteroatoms. The molecule has 1 unspecified atom stereocenters. The summed E-state index contributed by atoms with van der Waals surface area (Å²) in [5.41, 5.74) is 1.05. The molecule has 4 nitrogen and oxygen atoms in total. The molecule has 1 atom stereocenters. The van der Waals surface area contributed by atoms with E-state index in [-0.39, 0.29) is 11.6 Å². The minimum absolute atomic E-state index is 0.164. The molecule has 0 fully saturated rings. The van der Waals surface area contributed by atoms with Crippen molar-refractivity contribution in [1.29, 1.82) is 0 Å². The van der Waals surface area contributed by atoms with Crippen LogP contribution in [-0.4, -0.2) is 29.0 Å². The summed E-state index contributed by atoms with van der Waals surface area (Å²) in [5.74, 6) is 0. The Balaban J connectivity index is 3.15. The van der Waals surface area contributed by atoms with E-state index < -0.39 is 0 Å². The smallest absolute Gasteiger partial charge is 0.0882 e. The van der Waals surface area contributed by atoms with Crippen LogP contribution in [0, 0.1) is 0 Å². The van der Waals surface area contributed by atoms with Gasteiger partial charge >= 0.3 is 0 Å². The molecule has 0 radical (unpaired) electrons. The Morgan fingerprint density at radius 1 is 1.33 bits per heavy atom. The van der Waals surface area contributed by atoms with Gasteiger partial charge in [0.2, 0.25) is 0 Å². The van der Waals surface area contributed by atoms with Gasteiger partial charge in [-0.05, 0) is 32.4 Å². The van der Waals surface area contributed by atoms with Gasteiger partial charge in [0.1, 0.15) is 0 Å². The molecule has 1 aromatic heterocycles. The molecule has 104 valence electrons. The van der Waals surface area contributed by atoms with Gasteiger partial charge in [0.25, 0.3) is 0 Å². The number of methoxy groups -OCH3 is 1. The average molecular weight is 253 g/mol. The van der Waals surface area contributed by atoms with Crippen LogP contribution in [0.25, 0.3) is 0 Å². The minimum Gasteiger partial charge on any atom is -0.376 e. The number of nitrogens with zero attached hydrogens (tertiary/aromatic N) is 2. The lowest BCUT2D eigenvalue weighted by atomic mass is 9.86. The van der Waals surface area contributed by atoms with Crippen LogP contribution in [-0.2, 0) is 11.3 Å². The Morgan fingerprint density at radius 2 is 2.00 bits per heavy atom. The lowest BCUT2D eigenvalue weighted by molar-refractivity contribution is -0.0503. The van der Waals surface area contributed by atoms with Gasteiger partial charge in [0.05, 0.1) is 17.3 Å². The van der Waals surface area contributed by atoms with E-state index >= 15 is 0 Å². The largest absolute Gasteiger partial charge is 0.376 e. The summed E-state index contributed by atoms with van der Waals surface area (Å²) in [6.07, 6.45) is 3.83. The highest BCUT2D eigenvalue weighted by atomic mass is 16.5. The molecule has 0 aliphatic rings. The topological polar surface area (TPSA) is 39.1 Å². The zero-order valence-corrected chi connectivity index (χ0v) is 12.4. The van der Waals surface area contributed by atoms with E-state index in [1.54, 1.807) is 0 Å². The Bertz CT molecular complexity index is 336. The second-order valence-corrected chi connectivity index (χ2v) is 4.54. The molecule has 1 rings (SSSR count). The fourth-order valence-electron chi connectivity index (χ4n) is 2.68. The first-order valence-corrected chi connectivity index (χ1v) is 6.99. The van der Waals surface area contributed by atoms with Crippen LogP contribution in [0.5, 0.6) is 0 Å². The van der Waals surface area contributed by atoms with Crippen molar-refractivity contribution in [3.05, 3.63) is 18.0 Å². The maximum absolute atomic E-state index is 5.87. The molecule has 1 heterocycles. The van der Waals surface area contributed by atoms with Gasteiger partial charge in [-0.2, -0.15) is 5.10 Å². The van der Waals surface area contributed by atoms with Gasteiger partial charge < -0.3 is 10.1 Å². The predicted octanol–water partition coefficient (Wildman–Crippen LogP) is 2.76. The van der Waals surface area contributed by atoms with Crippen LogP contribution in [0.1, 0.15) is 52.3 Å². The average Bonchev–Trinajstić information content (AvgIpc) is 2.88. The number of hydrogen-bond donors (Lipinski definition) is 1. The quantitative estimate of drug-likeness (QED) is 0.774. The van der Waals surface area contributed by atoms with E-state index in [4.69, 9.17) is 4.74 Å². The fraction of sp³-hybridized carbons (Fsp3) is 0.786. The number of aromatic nitrogens is 2. The van der Waals surface area contributed by atoms with Crippen LogP contribution in [0.15, 0.2) is 12.3 Å².